The summed E-state index contributed by atoms with van der Waals surface area (Å²) in [5.74, 6) is -0.0901. The molecule has 4 nitrogen and oxygen atoms in total. The van der Waals surface area contributed by atoms with Crippen molar-refractivity contribution in [3.63, 3.8) is 0 Å². The fraction of sp³-hybridized carbons (Fsp3) is 0.400. The lowest BCUT2D eigenvalue weighted by Crippen LogP contribution is -2.13. The Morgan fingerprint density at radius 1 is 0.880 bits per heavy atom. The fourth-order valence-electron chi connectivity index (χ4n) is 2.38. The monoisotopic (exact) mass is 360 g/mol. The molecule has 0 aliphatic heterocycles. The van der Waals surface area contributed by atoms with Crippen LogP contribution in [0.3, 0.4) is 0 Å². The van der Waals surface area contributed by atoms with E-state index in [0.717, 1.165) is 24.1 Å². The van der Waals surface area contributed by atoms with Gasteiger partial charge in [-0.2, -0.15) is 0 Å². The molecular formula is C20H24O4S. The topological polar surface area (TPSA) is 52.6 Å². The number of esters is 2. The molecule has 25 heavy (non-hydrogen) atoms. The highest BCUT2D eigenvalue weighted by atomic mass is 32.1. The third-order valence-electron chi connectivity index (χ3n) is 3.68. The first-order valence-electron chi connectivity index (χ1n) is 8.72. The molecule has 0 unspecified atom stereocenters. The first kappa shape index (κ1) is 19.2. The predicted octanol–water partition coefficient (Wildman–Crippen LogP) is 5.16. The Morgan fingerprint density at radius 3 is 2.20 bits per heavy atom. The van der Waals surface area contributed by atoms with E-state index in [0.29, 0.717) is 12.2 Å². The van der Waals surface area contributed by atoms with Crippen molar-refractivity contribution in [2.75, 3.05) is 0 Å². The van der Waals surface area contributed by atoms with Crippen LogP contribution in [0.15, 0.2) is 41.8 Å². The largest absolute Gasteiger partial charge is 0.423 e. The maximum Gasteiger partial charge on any atom is 0.316 e. The summed E-state index contributed by atoms with van der Waals surface area (Å²) in [5.41, 5.74) is 0. The van der Waals surface area contributed by atoms with Crippen LogP contribution in [0.1, 0.15) is 50.3 Å². The smallest absolute Gasteiger partial charge is 0.316 e. The van der Waals surface area contributed by atoms with Gasteiger partial charge in [0.2, 0.25) is 0 Å². The van der Waals surface area contributed by atoms with E-state index >= 15 is 0 Å². The first-order valence-corrected chi connectivity index (χ1v) is 9.59. The molecule has 0 aliphatic rings. The molecule has 0 aliphatic carbocycles. The fourth-order valence-corrected chi connectivity index (χ4v) is 3.07. The zero-order chi connectivity index (χ0) is 17.9. The number of carbonyl (C=O) groups is 2. The standard InChI is InChI=1S/C20H24O4S/c1-2-3-4-5-6-13-19(21)23-17-11-7-8-12-18(17)24-20(22)15-16-10-9-14-25-16/h7-12,14H,2-6,13,15H2,1H3. The minimum absolute atomic E-state index is 0.206. The van der Waals surface area contributed by atoms with Gasteiger partial charge >= 0.3 is 11.9 Å². The van der Waals surface area contributed by atoms with Crippen molar-refractivity contribution in [1.29, 1.82) is 0 Å². The maximum absolute atomic E-state index is 12.0. The highest BCUT2D eigenvalue weighted by Crippen LogP contribution is 2.27. The average molecular weight is 360 g/mol. The second-order valence-corrected chi connectivity index (χ2v) is 6.85. The van der Waals surface area contributed by atoms with Crippen molar-refractivity contribution < 1.29 is 19.1 Å². The number of hydrogen-bond acceptors (Lipinski definition) is 5. The summed E-state index contributed by atoms with van der Waals surface area (Å²) in [7, 11) is 0. The SMILES string of the molecule is CCCCCCCC(=O)Oc1ccccc1OC(=O)Cc1cccs1. The van der Waals surface area contributed by atoms with Gasteiger partial charge in [0.1, 0.15) is 0 Å². The zero-order valence-electron chi connectivity index (χ0n) is 14.5. The Bertz CT molecular complexity index is 664. The predicted molar refractivity (Wildman–Crippen MR) is 99.1 cm³/mol. The van der Waals surface area contributed by atoms with Crippen molar-refractivity contribution in [2.24, 2.45) is 0 Å². The molecule has 0 spiro atoms. The molecule has 5 heteroatoms. The van der Waals surface area contributed by atoms with Crippen LogP contribution in [-0.4, -0.2) is 11.9 Å². The summed E-state index contributed by atoms with van der Waals surface area (Å²) in [6, 6.07) is 10.6. The van der Waals surface area contributed by atoms with E-state index in [1.165, 1.54) is 24.2 Å². The Kier molecular flexibility index (Phi) is 8.19. The number of ether oxygens (including phenoxy) is 2. The summed E-state index contributed by atoms with van der Waals surface area (Å²) in [4.78, 5) is 24.9. The minimum Gasteiger partial charge on any atom is -0.423 e. The summed E-state index contributed by atoms with van der Waals surface area (Å²) in [6.45, 7) is 2.16. The lowest BCUT2D eigenvalue weighted by Gasteiger charge is -2.10. The summed E-state index contributed by atoms with van der Waals surface area (Å²) in [5, 5.41) is 1.92. The van der Waals surface area contributed by atoms with Crippen LogP contribution < -0.4 is 9.47 Å². The molecule has 0 bridgehead atoms. The van der Waals surface area contributed by atoms with Gasteiger partial charge in [-0.3, -0.25) is 9.59 Å². The number of carbonyl (C=O) groups excluding carboxylic acids is 2. The van der Waals surface area contributed by atoms with Gasteiger partial charge in [0.15, 0.2) is 11.5 Å². The van der Waals surface area contributed by atoms with Crippen LogP contribution >= 0.6 is 11.3 Å². The van der Waals surface area contributed by atoms with Gasteiger partial charge in [-0.1, -0.05) is 50.8 Å². The second-order valence-electron chi connectivity index (χ2n) is 5.82. The molecule has 1 aromatic carbocycles. The van der Waals surface area contributed by atoms with Crippen LogP contribution in [0.5, 0.6) is 11.5 Å². The van der Waals surface area contributed by atoms with Gasteiger partial charge in [0.25, 0.3) is 0 Å². The molecule has 134 valence electrons. The van der Waals surface area contributed by atoms with E-state index in [-0.39, 0.29) is 24.1 Å². The summed E-state index contributed by atoms with van der Waals surface area (Å²) in [6.07, 6.45) is 5.94. The van der Waals surface area contributed by atoms with E-state index < -0.39 is 0 Å². The third kappa shape index (κ3) is 7.10. The van der Waals surface area contributed by atoms with Crippen molar-refractivity contribution in [1.82, 2.24) is 0 Å². The second kappa shape index (κ2) is 10.7. The average Bonchev–Trinajstić information content (AvgIpc) is 3.09. The number of benzene rings is 1. The molecule has 1 aromatic heterocycles. The minimum atomic E-state index is -0.370. The Balaban J connectivity index is 1.84. The van der Waals surface area contributed by atoms with Crippen LogP contribution in [0, 0.1) is 0 Å². The van der Waals surface area contributed by atoms with Crippen LogP contribution in [0.2, 0.25) is 0 Å². The van der Waals surface area contributed by atoms with Crippen molar-refractivity contribution >= 4 is 23.3 Å². The van der Waals surface area contributed by atoms with Gasteiger partial charge in [0.05, 0.1) is 6.42 Å². The number of para-hydroxylation sites is 2. The van der Waals surface area contributed by atoms with Gasteiger partial charge in [-0.05, 0) is 30.0 Å². The summed E-state index contributed by atoms with van der Waals surface area (Å²) >= 11 is 1.51. The molecule has 0 saturated heterocycles. The van der Waals surface area contributed by atoms with Crippen molar-refractivity contribution in [2.45, 2.75) is 51.9 Å². The molecule has 0 amide bonds. The van der Waals surface area contributed by atoms with E-state index in [9.17, 15) is 9.59 Å². The quantitative estimate of drug-likeness (QED) is 0.333. The molecule has 0 N–H and O–H groups in total. The number of unbranched alkanes of at least 4 members (excludes halogenated alkanes) is 4. The number of hydrogen-bond donors (Lipinski definition) is 0. The van der Waals surface area contributed by atoms with E-state index in [4.69, 9.17) is 9.47 Å². The van der Waals surface area contributed by atoms with E-state index in [1.807, 2.05) is 17.5 Å². The normalized spacial score (nSPS) is 10.4. The van der Waals surface area contributed by atoms with Crippen LogP contribution in [0.25, 0.3) is 0 Å². The Labute approximate surface area is 152 Å². The van der Waals surface area contributed by atoms with Gasteiger partial charge in [-0.25, -0.2) is 0 Å². The number of rotatable bonds is 10. The highest BCUT2D eigenvalue weighted by Gasteiger charge is 2.14. The molecular weight excluding hydrogens is 336 g/mol. The summed E-state index contributed by atoms with van der Waals surface area (Å²) < 4.78 is 10.7. The van der Waals surface area contributed by atoms with Gasteiger partial charge < -0.3 is 9.47 Å². The van der Waals surface area contributed by atoms with Crippen molar-refractivity contribution in [3.8, 4) is 11.5 Å². The molecule has 0 fully saturated rings. The third-order valence-corrected chi connectivity index (χ3v) is 4.56. The molecule has 0 atom stereocenters. The molecule has 2 rings (SSSR count). The zero-order valence-corrected chi connectivity index (χ0v) is 15.3. The highest BCUT2D eigenvalue weighted by molar-refractivity contribution is 7.10. The van der Waals surface area contributed by atoms with E-state index in [2.05, 4.69) is 6.92 Å². The molecule has 0 saturated carbocycles. The van der Waals surface area contributed by atoms with Crippen molar-refractivity contribution in [3.05, 3.63) is 46.7 Å². The van der Waals surface area contributed by atoms with Crippen LogP contribution in [-0.2, 0) is 16.0 Å². The van der Waals surface area contributed by atoms with Gasteiger partial charge in [-0.15, -0.1) is 11.3 Å². The Hall–Kier alpha value is -2.14. The van der Waals surface area contributed by atoms with E-state index in [1.54, 1.807) is 24.3 Å². The lowest BCUT2D eigenvalue weighted by atomic mass is 10.1. The molecule has 2 aromatic rings. The molecule has 0 radical (unpaired) electrons. The first-order chi connectivity index (χ1) is 12.2. The molecule has 1 heterocycles. The number of thiophene rings is 1. The van der Waals surface area contributed by atoms with Crippen LogP contribution in [0.4, 0.5) is 0 Å². The lowest BCUT2D eigenvalue weighted by molar-refractivity contribution is -0.136. The van der Waals surface area contributed by atoms with Gasteiger partial charge in [0, 0.05) is 11.3 Å². The Morgan fingerprint density at radius 2 is 1.56 bits per heavy atom. The maximum atomic E-state index is 12.0.